The fourth-order valence-electron chi connectivity index (χ4n) is 5.42. The second-order valence-electron chi connectivity index (χ2n) is 9.23. The molecule has 1 aliphatic carbocycles. The summed E-state index contributed by atoms with van der Waals surface area (Å²) in [5.41, 5.74) is 2.02. The Hall–Kier alpha value is -3.59. The van der Waals surface area contributed by atoms with Crippen LogP contribution in [0.2, 0.25) is 0 Å². The van der Waals surface area contributed by atoms with Gasteiger partial charge in [0.05, 0.1) is 0 Å². The lowest BCUT2D eigenvalue weighted by atomic mass is 9.92. The lowest BCUT2D eigenvalue weighted by molar-refractivity contribution is -0.140. The van der Waals surface area contributed by atoms with Crippen LogP contribution in [0.1, 0.15) is 23.1 Å². The molecule has 0 radical (unpaired) electrons. The minimum atomic E-state index is -1.03. The number of ether oxygens (including phenoxy) is 2. The number of carbonyl (C=O) groups excluding carboxylic acids is 3. The third kappa shape index (κ3) is 3.38. The number of fused-ring (bicyclic) bond motifs is 3. The first-order valence-corrected chi connectivity index (χ1v) is 11.6. The van der Waals surface area contributed by atoms with Gasteiger partial charge in [-0.05, 0) is 41.7 Å². The van der Waals surface area contributed by atoms with Crippen LogP contribution < -0.4 is 14.8 Å². The number of aryl methyl sites for hydroxylation is 1. The van der Waals surface area contributed by atoms with Gasteiger partial charge in [-0.1, -0.05) is 30.3 Å². The molecule has 3 heterocycles. The lowest BCUT2D eigenvalue weighted by Crippen LogP contribution is -2.51. The number of hydrogen-bond acceptors (Lipinski definition) is 6. The fraction of sp³-hybridized carbons (Fsp3) is 0.400. The van der Waals surface area contributed by atoms with Crippen LogP contribution in [-0.2, 0) is 28.1 Å². The van der Waals surface area contributed by atoms with Gasteiger partial charge >= 0.3 is 6.03 Å². The van der Waals surface area contributed by atoms with Gasteiger partial charge in [0.2, 0.25) is 12.7 Å². The van der Waals surface area contributed by atoms with E-state index in [1.807, 2.05) is 42.5 Å². The molecule has 176 valence electrons. The summed E-state index contributed by atoms with van der Waals surface area (Å²) in [7, 11) is 0. The summed E-state index contributed by atoms with van der Waals surface area (Å²) in [5, 5.41) is 2.88. The molecule has 4 amide bonds. The van der Waals surface area contributed by atoms with Gasteiger partial charge in [0, 0.05) is 32.7 Å². The minimum Gasteiger partial charge on any atom is -0.454 e. The molecule has 9 nitrogen and oxygen atoms in total. The number of nitrogens with one attached hydrogen (secondary N) is 1. The van der Waals surface area contributed by atoms with Crippen LogP contribution in [0.25, 0.3) is 0 Å². The molecule has 0 aromatic heterocycles. The van der Waals surface area contributed by atoms with Crippen LogP contribution >= 0.6 is 0 Å². The molecule has 2 aromatic carbocycles. The molecular weight excluding hydrogens is 436 g/mol. The third-order valence-electron chi connectivity index (χ3n) is 7.28. The van der Waals surface area contributed by atoms with E-state index in [9.17, 15) is 14.4 Å². The van der Waals surface area contributed by atoms with Crippen molar-refractivity contribution in [1.29, 1.82) is 0 Å². The van der Waals surface area contributed by atoms with Gasteiger partial charge in [-0.2, -0.15) is 0 Å². The number of urea groups is 1. The number of piperazine rings is 1. The Labute approximate surface area is 197 Å². The highest BCUT2D eigenvalue weighted by atomic mass is 16.7. The van der Waals surface area contributed by atoms with Crippen LogP contribution in [0.5, 0.6) is 11.5 Å². The van der Waals surface area contributed by atoms with Crippen molar-refractivity contribution in [3.63, 3.8) is 0 Å². The van der Waals surface area contributed by atoms with Gasteiger partial charge in [-0.3, -0.25) is 19.4 Å². The first-order chi connectivity index (χ1) is 16.5. The largest absolute Gasteiger partial charge is 0.454 e. The van der Waals surface area contributed by atoms with Crippen molar-refractivity contribution in [2.24, 2.45) is 0 Å². The Kier molecular flexibility index (Phi) is 4.95. The van der Waals surface area contributed by atoms with Gasteiger partial charge in [-0.15, -0.1) is 0 Å². The molecule has 0 unspecified atom stereocenters. The maximum absolute atomic E-state index is 13.3. The number of benzene rings is 2. The van der Waals surface area contributed by atoms with Gasteiger partial charge in [0.25, 0.3) is 5.91 Å². The quantitative estimate of drug-likeness (QED) is 0.692. The van der Waals surface area contributed by atoms with E-state index in [0.29, 0.717) is 19.5 Å². The first kappa shape index (κ1) is 21.0. The number of carbonyl (C=O) groups is 3. The number of nitrogens with zero attached hydrogens (tertiary/aromatic N) is 3. The zero-order chi connectivity index (χ0) is 23.3. The van der Waals surface area contributed by atoms with Crippen molar-refractivity contribution >= 4 is 17.8 Å². The summed E-state index contributed by atoms with van der Waals surface area (Å²) < 4.78 is 10.8. The van der Waals surface area contributed by atoms with E-state index in [-0.39, 0.29) is 25.2 Å². The Balaban J connectivity index is 1.06. The van der Waals surface area contributed by atoms with E-state index < -0.39 is 11.6 Å². The van der Waals surface area contributed by atoms with E-state index in [1.54, 1.807) is 4.90 Å². The highest BCUT2D eigenvalue weighted by molar-refractivity contribution is 6.09. The minimum absolute atomic E-state index is 0.199. The van der Waals surface area contributed by atoms with Crippen molar-refractivity contribution in [3.8, 4) is 11.5 Å². The highest BCUT2D eigenvalue weighted by Gasteiger charge is 2.55. The smallest absolute Gasteiger partial charge is 0.325 e. The molecule has 0 saturated carbocycles. The van der Waals surface area contributed by atoms with Gasteiger partial charge in [0.15, 0.2) is 11.5 Å². The van der Waals surface area contributed by atoms with E-state index in [0.717, 1.165) is 59.1 Å². The summed E-state index contributed by atoms with van der Waals surface area (Å²) in [4.78, 5) is 44.1. The highest BCUT2D eigenvalue weighted by Crippen LogP contribution is 2.41. The van der Waals surface area contributed by atoms with Crippen molar-refractivity contribution in [2.75, 3.05) is 39.5 Å². The molecule has 6 rings (SSSR count). The molecular formula is C25H26N4O5. The predicted octanol–water partition coefficient (Wildman–Crippen LogP) is 1.45. The fourth-order valence-corrected chi connectivity index (χ4v) is 5.42. The Morgan fingerprint density at radius 3 is 2.65 bits per heavy atom. The molecule has 2 aromatic rings. The van der Waals surface area contributed by atoms with Crippen molar-refractivity contribution < 1.29 is 23.9 Å². The monoisotopic (exact) mass is 462 g/mol. The third-order valence-corrected chi connectivity index (χ3v) is 7.28. The van der Waals surface area contributed by atoms with Crippen molar-refractivity contribution in [1.82, 2.24) is 20.0 Å². The van der Waals surface area contributed by atoms with Crippen LogP contribution in [0, 0.1) is 0 Å². The van der Waals surface area contributed by atoms with Crippen LogP contribution in [-0.4, -0.2) is 72.1 Å². The van der Waals surface area contributed by atoms with Gasteiger partial charge in [-0.25, -0.2) is 4.79 Å². The van der Waals surface area contributed by atoms with E-state index in [1.165, 1.54) is 0 Å². The van der Waals surface area contributed by atoms with E-state index in [2.05, 4.69) is 10.2 Å². The van der Waals surface area contributed by atoms with E-state index >= 15 is 0 Å². The molecule has 0 bridgehead atoms. The summed E-state index contributed by atoms with van der Waals surface area (Å²) in [6, 6.07) is 13.1. The Morgan fingerprint density at radius 1 is 1.00 bits per heavy atom. The number of amides is 4. The Morgan fingerprint density at radius 2 is 1.79 bits per heavy atom. The SMILES string of the molecule is O=C(CN1C(=O)N[C@@]2(CCc3ccccc32)C1=O)N1CCN(Cc2ccc3c(c2)OCO3)CC1. The molecule has 2 fully saturated rings. The Bertz CT molecular complexity index is 1180. The van der Waals surface area contributed by atoms with Crippen LogP contribution in [0.4, 0.5) is 4.79 Å². The number of rotatable bonds is 4. The maximum atomic E-state index is 13.3. The van der Waals surface area contributed by atoms with Gasteiger partial charge in [0.1, 0.15) is 12.1 Å². The molecule has 1 atom stereocenters. The average Bonchev–Trinajstić information content (AvgIpc) is 3.53. The molecule has 3 aliphatic heterocycles. The molecule has 9 heteroatoms. The van der Waals surface area contributed by atoms with E-state index in [4.69, 9.17) is 9.47 Å². The zero-order valence-electron chi connectivity index (χ0n) is 18.8. The normalized spacial score (nSPS) is 23.5. The van der Waals surface area contributed by atoms with Crippen molar-refractivity contribution in [2.45, 2.75) is 24.9 Å². The second-order valence-corrected chi connectivity index (χ2v) is 9.23. The van der Waals surface area contributed by atoms with Crippen LogP contribution in [0.3, 0.4) is 0 Å². The molecule has 4 aliphatic rings. The second kappa shape index (κ2) is 8.02. The molecule has 1 spiro atoms. The summed E-state index contributed by atoms with van der Waals surface area (Å²) >= 11 is 0. The standard InChI is InChI=1S/C25H26N4O5/c30-22(15-29-23(31)25(26-24(29)32)8-7-18-3-1-2-4-19(18)25)28-11-9-27(10-12-28)14-17-5-6-20-21(13-17)34-16-33-20/h1-6,13H,7-12,14-16H2,(H,26,32)/t25-/m1/s1. The average molecular weight is 463 g/mol. The topological polar surface area (TPSA) is 91.4 Å². The first-order valence-electron chi connectivity index (χ1n) is 11.6. The number of hydrogen-bond donors (Lipinski definition) is 1. The molecule has 34 heavy (non-hydrogen) atoms. The zero-order valence-corrected chi connectivity index (χ0v) is 18.8. The lowest BCUT2D eigenvalue weighted by Gasteiger charge is -2.35. The number of imide groups is 1. The predicted molar refractivity (Wildman–Crippen MR) is 121 cm³/mol. The molecule has 2 saturated heterocycles. The van der Waals surface area contributed by atoms with Gasteiger partial charge < -0.3 is 19.7 Å². The maximum Gasteiger partial charge on any atom is 0.325 e. The molecule has 1 N–H and O–H groups in total. The van der Waals surface area contributed by atoms with Crippen LogP contribution in [0.15, 0.2) is 42.5 Å². The summed E-state index contributed by atoms with van der Waals surface area (Å²) in [5.74, 6) is 1.01. The van der Waals surface area contributed by atoms with Crippen molar-refractivity contribution in [3.05, 3.63) is 59.2 Å². The summed E-state index contributed by atoms with van der Waals surface area (Å²) in [6.45, 7) is 3.34. The summed E-state index contributed by atoms with van der Waals surface area (Å²) in [6.07, 6.45) is 1.26.